The number of carbonyl (C=O) groups is 2. The predicted molar refractivity (Wildman–Crippen MR) is 103 cm³/mol. The number of imidazole rings is 1. The summed E-state index contributed by atoms with van der Waals surface area (Å²) in [6.07, 6.45) is 4.46. The van der Waals surface area contributed by atoms with Crippen molar-refractivity contribution < 1.29 is 9.59 Å². The lowest BCUT2D eigenvalue weighted by molar-refractivity contribution is -0.124. The molecule has 0 bridgehead atoms. The number of nitrogens with one attached hydrogen (secondary N) is 1. The lowest BCUT2D eigenvalue weighted by atomic mass is 10.1. The SMILES string of the molecule is CCNC(=O)[C@@H]1CCN(C(=O)c2ccc3nc(-c4ccccc4)cn3c2)C1. The van der Waals surface area contributed by atoms with Crippen molar-refractivity contribution in [1.29, 1.82) is 0 Å². The van der Waals surface area contributed by atoms with Crippen molar-refractivity contribution in [3.63, 3.8) is 0 Å². The van der Waals surface area contributed by atoms with E-state index in [0.717, 1.165) is 16.9 Å². The zero-order valence-electron chi connectivity index (χ0n) is 15.3. The molecule has 3 aromatic rings. The minimum Gasteiger partial charge on any atom is -0.356 e. The molecule has 1 saturated heterocycles. The van der Waals surface area contributed by atoms with Crippen LogP contribution in [0.15, 0.2) is 54.9 Å². The zero-order chi connectivity index (χ0) is 18.8. The molecular weight excluding hydrogens is 340 g/mol. The van der Waals surface area contributed by atoms with Crippen molar-refractivity contribution in [1.82, 2.24) is 19.6 Å². The Balaban J connectivity index is 1.54. The molecule has 1 atom stereocenters. The summed E-state index contributed by atoms with van der Waals surface area (Å²) in [7, 11) is 0. The number of rotatable bonds is 4. The third kappa shape index (κ3) is 3.43. The van der Waals surface area contributed by atoms with E-state index in [1.54, 1.807) is 11.0 Å². The van der Waals surface area contributed by atoms with Gasteiger partial charge in [-0.05, 0) is 25.5 Å². The van der Waals surface area contributed by atoms with Crippen molar-refractivity contribution in [3.05, 3.63) is 60.4 Å². The van der Waals surface area contributed by atoms with Gasteiger partial charge >= 0.3 is 0 Å². The van der Waals surface area contributed by atoms with Crippen LogP contribution in [-0.2, 0) is 4.79 Å². The van der Waals surface area contributed by atoms with E-state index in [9.17, 15) is 9.59 Å². The molecule has 0 radical (unpaired) electrons. The van der Waals surface area contributed by atoms with Gasteiger partial charge in [0.05, 0.1) is 17.2 Å². The molecule has 6 nitrogen and oxygen atoms in total. The molecule has 0 aliphatic carbocycles. The number of aromatic nitrogens is 2. The predicted octanol–water partition coefficient (Wildman–Crippen LogP) is 2.60. The summed E-state index contributed by atoms with van der Waals surface area (Å²) in [6, 6.07) is 13.6. The van der Waals surface area contributed by atoms with E-state index in [0.29, 0.717) is 31.6 Å². The number of benzene rings is 1. The van der Waals surface area contributed by atoms with Crippen molar-refractivity contribution in [2.24, 2.45) is 5.92 Å². The Bertz CT molecular complexity index is 980. The molecule has 2 amide bonds. The second-order valence-corrected chi connectivity index (χ2v) is 6.81. The molecule has 1 aliphatic heterocycles. The number of carbonyl (C=O) groups excluding carboxylic acids is 2. The molecule has 0 unspecified atom stereocenters. The van der Waals surface area contributed by atoms with Crippen LogP contribution in [0.4, 0.5) is 0 Å². The smallest absolute Gasteiger partial charge is 0.255 e. The van der Waals surface area contributed by atoms with Gasteiger partial charge in [-0.3, -0.25) is 9.59 Å². The Morgan fingerprint density at radius 2 is 1.96 bits per heavy atom. The summed E-state index contributed by atoms with van der Waals surface area (Å²) in [5.41, 5.74) is 3.32. The van der Waals surface area contributed by atoms with Gasteiger partial charge in [0.25, 0.3) is 5.91 Å². The largest absolute Gasteiger partial charge is 0.356 e. The number of pyridine rings is 1. The molecule has 1 N–H and O–H groups in total. The topological polar surface area (TPSA) is 66.7 Å². The Morgan fingerprint density at radius 3 is 2.74 bits per heavy atom. The van der Waals surface area contributed by atoms with Crippen LogP contribution in [-0.4, -0.2) is 45.7 Å². The highest BCUT2D eigenvalue weighted by atomic mass is 16.2. The average molecular weight is 362 g/mol. The molecule has 4 rings (SSSR count). The van der Waals surface area contributed by atoms with Gasteiger partial charge in [-0.25, -0.2) is 4.98 Å². The average Bonchev–Trinajstić information content (AvgIpc) is 3.35. The monoisotopic (exact) mass is 362 g/mol. The quantitative estimate of drug-likeness (QED) is 0.776. The normalized spacial score (nSPS) is 16.6. The molecule has 2 aromatic heterocycles. The summed E-state index contributed by atoms with van der Waals surface area (Å²) in [5.74, 6) is -0.125. The molecule has 27 heavy (non-hydrogen) atoms. The number of fused-ring (bicyclic) bond motifs is 1. The third-order valence-corrected chi connectivity index (χ3v) is 4.96. The van der Waals surface area contributed by atoms with Crippen molar-refractivity contribution in [2.45, 2.75) is 13.3 Å². The Hall–Kier alpha value is -3.15. The fourth-order valence-electron chi connectivity index (χ4n) is 3.53. The highest BCUT2D eigenvalue weighted by Gasteiger charge is 2.31. The second-order valence-electron chi connectivity index (χ2n) is 6.81. The zero-order valence-corrected chi connectivity index (χ0v) is 15.3. The van der Waals surface area contributed by atoms with Gasteiger partial charge in [0, 0.05) is 37.6 Å². The first-order valence-corrected chi connectivity index (χ1v) is 9.27. The van der Waals surface area contributed by atoms with Gasteiger partial charge in [-0.2, -0.15) is 0 Å². The van der Waals surface area contributed by atoms with Gasteiger partial charge in [0.1, 0.15) is 5.65 Å². The van der Waals surface area contributed by atoms with E-state index < -0.39 is 0 Å². The van der Waals surface area contributed by atoms with Crippen LogP contribution in [0.1, 0.15) is 23.7 Å². The molecule has 6 heteroatoms. The number of likely N-dealkylation sites (tertiary alicyclic amines) is 1. The van der Waals surface area contributed by atoms with E-state index in [2.05, 4.69) is 10.3 Å². The molecule has 138 valence electrons. The van der Waals surface area contributed by atoms with Crippen LogP contribution in [0.2, 0.25) is 0 Å². The summed E-state index contributed by atoms with van der Waals surface area (Å²) in [6.45, 7) is 3.60. The summed E-state index contributed by atoms with van der Waals surface area (Å²) < 4.78 is 1.88. The molecule has 1 aromatic carbocycles. The second kappa shape index (κ2) is 7.23. The lowest BCUT2D eigenvalue weighted by Gasteiger charge is -2.16. The first kappa shape index (κ1) is 17.3. The van der Waals surface area contributed by atoms with E-state index in [4.69, 9.17) is 0 Å². The third-order valence-electron chi connectivity index (χ3n) is 4.96. The minimum atomic E-state index is -0.115. The van der Waals surface area contributed by atoms with Gasteiger partial charge < -0.3 is 14.6 Å². The van der Waals surface area contributed by atoms with Crippen molar-refractivity contribution in [2.75, 3.05) is 19.6 Å². The first-order chi connectivity index (χ1) is 13.2. The van der Waals surface area contributed by atoms with E-state index in [-0.39, 0.29) is 17.7 Å². The number of hydrogen-bond donors (Lipinski definition) is 1. The highest BCUT2D eigenvalue weighted by Crippen LogP contribution is 2.21. The molecule has 1 fully saturated rings. The molecule has 3 heterocycles. The van der Waals surface area contributed by atoms with Gasteiger partial charge in [-0.15, -0.1) is 0 Å². The summed E-state index contributed by atoms with van der Waals surface area (Å²) in [4.78, 5) is 31.2. The molecule has 0 spiro atoms. The van der Waals surface area contributed by atoms with Crippen LogP contribution in [0.5, 0.6) is 0 Å². The Labute approximate surface area is 157 Å². The van der Waals surface area contributed by atoms with Crippen LogP contribution in [0.3, 0.4) is 0 Å². The van der Waals surface area contributed by atoms with Crippen molar-refractivity contribution >= 4 is 17.5 Å². The maximum Gasteiger partial charge on any atom is 0.255 e. The maximum absolute atomic E-state index is 12.9. The van der Waals surface area contributed by atoms with Crippen molar-refractivity contribution in [3.8, 4) is 11.3 Å². The lowest BCUT2D eigenvalue weighted by Crippen LogP contribution is -2.34. The number of hydrogen-bond acceptors (Lipinski definition) is 3. The minimum absolute atomic E-state index is 0.0327. The first-order valence-electron chi connectivity index (χ1n) is 9.27. The number of nitrogens with zero attached hydrogens (tertiary/aromatic N) is 3. The fraction of sp³-hybridized carbons (Fsp3) is 0.286. The van der Waals surface area contributed by atoms with Crippen LogP contribution in [0, 0.1) is 5.92 Å². The van der Waals surface area contributed by atoms with Crippen LogP contribution in [0.25, 0.3) is 16.9 Å². The van der Waals surface area contributed by atoms with Crippen LogP contribution >= 0.6 is 0 Å². The summed E-state index contributed by atoms with van der Waals surface area (Å²) in [5, 5.41) is 2.84. The van der Waals surface area contributed by atoms with Gasteiger partial charge in [0.2, 0.25) is 5.91 Å². The molecule has 1 aliphatic rings. The molecular formula is C21H22N4O2. The van der Waals surface area contributed by atoms with Crippen LogP contribution < -0.4 is 5.32 Å². The summed E-state index contributed by atoms with van der Waals surface area (Å²) >= 11 is 0. The van der Waals surface area contributed by atoms with Gasteiger partial charge in [0.15, 0.2) is 0 Å². The maximum atomic E-state index is 12.9. The number of amides is 2. The Morgan fingerprint density at radius 1 is 1.15 bits per heavy atom. The highest BCUT2D eigenvalue weighted by molar-refractivity contribution is 5.95. The van der Waals surface area contributed by atoms with E-state index >= 15 is 0 Å². The fourth-order valence-corrected chi connectivity index (χ4v) is 3.53. The van der Waals surface area contributed by atoms with E-state index in [1.165, 1.54) is 0 Å². The van der Waals surface area contributed by atoms with E-state index in [1.807, 2.05) is 60.1 Å². The molecule has 0 saturated carbocycles. The Kier molecular flexibility index (Phi) is 4.62. The standard InChI is InChI=1S/C21H22N4O2/c1-2-22-20(26)16-10-11-24(12-16)21(27)17-8-9-19-23-18(14-25(19)13-17)15-6-4-3-5-7-15/h3-9,13-14,16H,2,10-12H2,1H3,(H,22,26)/t16-/m1/s1. The van der Waals surface area contributed by atoms with Gasteiger partial charge in [-0.1, -0.05) is 30.3 Å².